The first-order valence-corrected chi connectivity index (χ1v) is 12.3. The Balaban J connectivity index is 1.76. The standard InChI is InChI=1S/C30H31NO5/c1-3-19-36-25-12-8-11-23(20-25)27-26(28(32)22-13-15-24(16-14-22)35-4-2)29(33)30(34)31(27)18-17-21-9-6-5-7-10-21/h5-16,20,27,32H,3-4,17-19H2,1-2H3. The smallest absolute Gasteiger partial charge is 0.295 e. The van der Waals surface area contributed by atoms with E-state index in [1.807, 2.05) is 68.4 Å². The Morgan fingerprint density at radius 1 is 0.889 bits per heavy atom. The van der Waals surface area contributed by atoms with Crippen molar-refractivity contribution in [3.63, 3.8) is 0 Å². The molecular weight excluding hydrogens is 454 g/mol. The van der Waals surface area contributed by atoms with Crippen LogP contribution in [0, 0.1) is 0 Å². The van der Waals surface area contributed by atoms with E-state index >= 15 is 0 Å². The molecule has 186 valence electrons. The molecule has 1 aliphatic heterocycles. The monoisotopic (exact) mass is 485 g/mol. The van der Waals surface area contributed by atoms with E-state index in [1.54, 1.807) is 29.2 Å². The minimum absolute atomic E-state index is 0.0739. The molecule has 0 aromatic heterocycles. The van der Waals surface area contributed by atoms with Gasteiger partial charge in [-0.3, -0.25) is 9.59 Å². The quantitative estimate of drug-likeness (QED) is 0.232. The molecule has 1 aliphatic rings. The third-order valence-electron chi connectivity index (χ3n) is 6.11. The minimum Gasteiger partial charge on any atom is -0.507 e. The number of hydrogen-bond donors (Lipinski definition) is 1. The van der Waals surface area contributed by atoms with Crippen molar-refractivity contribution in [1.29, 1.82) is 0 Å². The molecule has 3 aromatic carbocycles. The van der Waals surface area contributed by atoms with Gasteiger partial charge in [0.2, 0.25) is 0 Å². The fourth-order valence-corrected chi connectivity index (χ4v) is 4.38. The summed E-state index contributed by atoms with van der Waals surface area (Å²) in [6.45, 7) is 5.33. The summed E-state index contributed by atoms with van der Waals surface area (Å²) >= 11 is 0. The number of benzene rings is 3. The van der Waals surface area contributed by atoms with Crippen molar-refractivity contribution in [3.8, 4) is 11.5 Å². The van der Waals surface area contributed by atoms with Crippen LogP contribution in [0.15, 0.2) is 84.4 Å². The van der Waals surface area contributed by atoms with E-state index in [0.29, 0.717) is 48.8 Å². The van der Waals surface area contributed by atoms with Crippen LogP contribution < -0.4 is 9.47 Å². The topological polar surface area (TPSA) is 76.1 Å². The van der Waals surface area contributed by atoms with Crippen LogP contribution in [0.4, 0.5) is 0 Å². The largest absolute Gasteiger partial charge is 0.507 e. The van der Waals surface area contributed by atoms with Gasteiger partial charge in [0.1, 0.15) is 17.3 Å². The van der Waals surface area contributed by atoms with Crippen LogP contribution >= 0.6 is 0 Å². The maximum Gasteiger partial charge on any atom is 0.295 e. The molecule has 0 saturated carbocycles. The number of nitrogens with zero attached hydrogens (tertiary/aromatic N) is 1. The Morgan fingerprint density at radius 3 is 2.33 bits per heavy atom. The van der Waals surface area contributed by atoms with E-state index in [2.05, 4.69) is 0 Å². The average Bonchev–Trinajstić information content (AvgIpc) is 3.16. The maximum atomic E-state index is 13.3. The molecule has 1 unspecified atom stereocenters. The van der Waals surface area contributed by atoms with Gasteiger partial charge in [0, 0.05) is 12.1 Å². The number of carbonyl (C=O) groups excluding carboxylic acids is 2. The highest BCUT2D eigenvalue weighted by Crippen LogP contribution is 2.40. The van der Waals surface area contributed by atoms with E-state index in [-0.39, 0.29) is 11.3 Å². The average molecular weight is 486 g/mol. The molecule has 0 bridgehead atoms. The van der Waals surface area contributed by atoms with Crippen LogP contribution in [0.25, 0.3) is 5.76 Å². The van der Waals surface area contributed by atoms with Gasteiger partial charge in [0.05, 0.1) is 24.8 Å². The van der Waals surface area contributed by atoms with Crippen molar-refractivity contribution in [2.45, 2.75) is 32.7 Å². The lowest BCUT2D eigenvalue weighted by molar-refractivity contribution is -0.139. The van der Waals surface area contributed by atoms with Crippen molar-refractivity contribution in [3.05, 3.63) is 101 Å². The van der Waals surface area contributed by atoms with Crippen molar-refractivity contribution < 1.29 is 24.2 Å². The first-order chi connectivity index (χ1) is 17.5. The minimum atomic E-state index is -0.731. The summed E-state index contributed by atoms with van der Waals surface area (Å²) in [5, 5.41) is 11.3. The first-order valence-electron chi connectivity index (χ1n) is 12.3. The van der Waals surface area contributed by atoms with Gasteiger partial charge >= 0.3 is 0 Å². The molecule has 6 heteroatoms. The zero-order chi connectivity index (χ0) is 25.5. The van der Waals surface area contributed by atoms with E-state index in [9.17, 15) is 14.7 Å². The number of likely N-dealkylation sites (tertiary alicyclic amines) is 1. The van der Waals surface area contributed by atoms with Gasteiger partial charge in [0.15, 0.2) is 0 Å². The van der Waals surface area contributed by atoms with Gasteiger partial charge in [-0.05, 0) is 67.3 Å². The molecule has 0 radical (unpaired) electrons. The molecule has 1 atom stereocenters. The van der Waals surface area contributed by atoms with Crippen LogP contribution in [0.2, 0.25) is 0 Å². The fraction of sp³-hybridized carbons (Fsp3) is 0.267. The molecule has 0 aliphatic carbocycles. The number of amides is 1. The summed E-state index contributed by atoms with van der Waals surface area (Å²) < 4.78 is 11.3. The normalized spacial score (nSPS) is 16.8. The molecule has 36 heavy (non-hydrogen) atoms. The highest BCUT2D eigenvalue weighted by Gasteiger charge is 2.46. The van der Waals surface area contributed by atoms with Crippen LogP contribution in [-0.4, -0.2) is 41.5 Å². The number of ether oxygens (including phenoxy) is 2. The van der Waals surface area contributed by atoms with Crippen LogP contribution in [0.5, 0.6) is 11.5 Å². The number of aliphatic hydroxyl groups excluding tert-OH is 1. The fourth-order valence-electron chi connectivity index (χ4n) is 4.38. The summed E-state index contributed by atoms with van der Waals surface area (Å²) in [6.07, 6.45) is 1.44. The molecule has 1 amide bonds. The number of aliphatic hydroxyl groups is 1. The predicted octanol–water partition coefficient (Wildman–Crippen LogP) is 5.54. The van der Waals surface area contributed by atoms with E-state index in [1.165, 1.54) is 0 Å². The highest BCUT2D eigenvalue weighted by molar-refractivity contribution is 6.46. The summed E-state index contributed by atoms with van der Waals surface area (Å²) in [6, 6.07) is 23.3. The SMILES string of the molecule is CCCOc1cccc(C2C(=C(O)c3ccc(OCC)cc3)C(=O)C(=O)N2CCc2ccccc2)c1. The maximum absolute atomic E-state index is 13.3. The lowest BCUT2D eigenvalue weighted by Gasteiger charge is -2.26. The van der Waals surface area contributed by atoms with Crippen molar-refractivity contribution >= 4 is 17.4 Å². The van der Waals surface area contributed by atoms with E-state index < -0.39 is 17.7 Å². The van der Waals surface area contributed by atoms with Crippen molar-refractivity contribution in [2.75, 3.05) is 19.8 Å². The summed E-state index contributed by atoms with van der Waals surface area (Å²) in [5.41, 5.74) is 2.29. The molecule has 1 fully saturated rings. The summed E-state index contributed by atoms with van der Waals surface area (Å²) in [7, 11) is 0. The third kappa shape index (κ3) is 5.43. The number of carbonyl (C=O) groups is 2. The first kappa shape index (κ1) is 25.0. The molecule has 6 nitrogen and oxygen atoms in total. The van der Waals surface area contributed by atoms with Crippen molar-refractivity contribution in [2.24, 2.45) is 0 Å². The van der Waals surface area contributed by atoms with E-state index in [4.69, 9.17) is 9.47 Å². The highest BCUT2D eigenvalue weighted by atomic mass is 16.5. The molecule has 1 N–H and O–H groups in total. The van der Waals surface area contributed by atoms with Gasteiger partial charge in [-0.1, -0.05) is 49.4 Å². The lowest BCUT2D eigenvalue weighted by Crippen LogP contribution is -2.31. The second kappa shape index (κ2) is 11.6. The molecular formula is C30H31NO5. The van der Waals surface area contributed by atoms with E-state index in [0.717, 1.165) is 12.0 Å². The Labute approximate surface area is 211 Å². The Bertz CT molecular complexity index is 1230. The predicted molar refractivity (Wildman–Crippen MR) is 139 cm³/mol. The molecule has 0 spiro atoms. The van der Waals surface area contributed by atoms with Gasteiger partial charge in [-0.15, -0.1) is 0 Å². The van der Waals surface area contributed by atoms with Crippen LogP contribution in [-0.2, 0) is 16.0 Å². The zero-order valence-corrected chi connectivity index (χ0v) is 20.6. The zero-order valence-electron chi connectivity index (χ0n) is 20.6. The third-order valence-corrected chi connectivity index (χ3v) is 6.11. The second-order valence-electron chi connectivity index (χ2n) is 8.61. The number of rotatable bonds is 10. The summed E-state index contributed by atoms with van der Waals surface area (Å²) in [5.74, 6) is -0.204. The number of hydrogen-bond acceptors (Lipinski definition) is 5. The van der Waals surface area contributed by atoms with Gasteiger partial charge in [-0.25, -0.2) is 0 Å². The number of Topliss-reactive ketones (excluding diaryl/α,β-unsaturated/α-hetero) is 1. The van der Waals surface area contributed by atoms with Gasteiger partial charge in [-0.2, -0.15) is 0 Å². The Kier molecular flexibility index (Phi) is 8.06. The lowest BCUT2D eigenvalue weighted by atomic mass is 9.95. The summed E-state index contributed by atoms with van der Waals surface area (Å²) in [4.78, 5) is 28.1. The van der Waals surface area contributed by atoms with Gasteiger partial charge in [0.25, 0.3) is 11.7 Å². The molecule has 1 heterocycles. The second-order valence-corrected chi connectivity index (χ2v) is 8.61. The van der Waals surface area contributed by atoms with Crippen molar-refractivity contribution in [1.82, 2.24) is 4.90 Å². The van der Waals surface area contributed by atoms with Crippen LogP contribution in [0.3, 0.4) is 0 Å². The van der Waals surface area contributed by atoms with Crippen LogP contribution in [0.1, 0.15) is 43.0 Å². The molecule has 1 saturated heterocycles. The molecule has 3 aromatic rings. The Hall–Kier alpha value is -4.06. The molecule has 4 rings (SSSR count). The Morgan fingerprint density at radius 2 is 1.64 bits per heavy atom. The van der Waals surface area contributed by atoms with Gasteiger partial charge < -0.3 is 19.5 Å². The number of ketones is 1.